The molecule has 3 nitrogen and oxygen atoms in total. The van der Waals surface area contributed by atoms with Crippen LogP contribution in [0.25, 0.3) is 0 Å². The van der Waals surface area contributed by atoms with Gasteiger partial charge < -0.3 is 15.4 Å². The van der Waals surface area contributed by atoms with E-state index in [1.54, 1.807) is 0 Å². The lowest BCUT2D eigenvalue weighted by Crippen LogP contribution is -2.29. The van der Waals surface area contributed by atoms with Gasteiger partial charge in [0.25, 0.3) is 0 Å². The highest BCUT2D eigenvalue weighted by atomic mass is 32.1. The minimum Gasteiger partial charge on any atom is -0.491 e. The summed E-state index contributed by atoms with van der Waals surface area (Å²) in [6.07, 6.45) is 2.12. The van der Waals surface area contributed by atoms with Crippen molar-refractivity contribution in [3.05, 3.63) is 40.1 Å². The maximum atomic E-state index is 5.98. The van der Waals surface area contributed by atoms with Crippen LogP contribution in [0.15, 0.2) is 29.6 Å². The SMILES string of the molecule is CCCOc1cc(N2CCc3sccc3C2)ccc1N. The second-order valence-corrected chi connectivity index (χ2v) is 6.11. The molecular formula is C16H20N2OS. The number of hydrogen-bond acceptors (Lipinski definition) is 4. The van der Waals surface area contributed by atoms with Crippen LogP contribution in [0.3, 0.4) is 0 Å². The molecule has 0 spiro atoms. The van der Waals surface area contributed by atoms with Crippen LogP contribution in [0.1, 0.15) is 23.8 Å². The number of benzene rings is 1. The Morgan fingerprint density at radius 2 is 2.25 bits per heavy atom. The fourth-order valence-corrected chi connectivity index (χ4v) is 3.42. The molecule has 0 unspecified atom stereocenters. The van der Waals surface area contributed by atoms with Crippen molar-refractivity contribution in [3.8, 4) is 5.75 Å². The predicted octanol–water partition coefficient (Wildman–Crippen LogP) is 3.68. The van der Waals surface area contributed by atoms with Gasteiger partial charge in [0.2, 0.25) is 0 Å². The molecule has 1 aliphatic rings. The normalized spacial score (nSPS) is 14.2. The van der Waals surface area contributed by atoms with Gasteiger partial charge in [-0.15, -0.1) is 11.3 Å². The van der Waals surface area contributed by atoms with E-state index in [1.807, 2.05) is 17.4 Å². The standard InChI is InChI=1S/C16H20N2OS/c1-2-8-19-15-10-13(3-4-14(15)17)18-7-5-16-12(11-18)6-9-20-16/h3-4,6,9-10H,2,5,7-8,11,17H2,1H3. The van der Waals surface area contributed by atoms with Gasteiger partial charge in [0.05, 0.1) is 12.3 Å². The zero-order valence-electron chi connectivity index (χ0n) is 11.8. The summed E-state index contributed by atoms with van der Waals surface area (Å²) >= 11 is 1.87. The van der Waals surface area contributed by atoms with Crippen LogP contribution >= 0.6 is 11.3 Å². The van der Waals surface area contributed by atoms with E-state index < -0.39 is 0 Å². The predicted molar refractivity (Wildman–Crippen MR) is 85.7 cm³/mol. The Labute approximate surface area is 124 Å². The number of thiophene rings is 1. The number of nitrogens with zero attached hydrogens (tertiary/aromatic N) is 1. The molecule has 20 heavy (non-hydrogen) atoms. The maximum Gasteiger partial charge on any atom is 0.144 e. The smallest absolute Gasteiger partial charge is 0.144 e. The Balaban J connectivity index is 1.80. The average Bonchev–Trinajstić information content (AvgIpc) is 2.94. The molecule has 1 aliphatic heterocycles. The Hall–Kier alpha value is -1.68. The molecule has 0 amide bonds. The van der Waals surface area contributed by atoms with Crippen molar-refractivity contribution >= 4 is 22.7 Å². The third-order valence-corrected chi connectivity index (χ3v) is 4.65. The quantitative estimate of drug-likeness (QED) is 0.872. The number of nitrogens with two attached hydrogens (primary N) is 1. The number of ether oxygens (including phenoxy) is 1. The highest BCUT2D eigenvalue weighted by Crippen LogP contribution is 2.32. The van der Waals surface area contributed by atoms with Gasteiger partial charge in [0.1, 0.15) is 5.75 Å². The van der Waals surface area contributed by atoms with Crippen molar-refractivity contribution in [3.63, 3.8) is 0 Å². The van der Waals surface area contributed by atoms with E-state index >= 15 is 0 Å². The van der Waals surface area contributed by atoms with Crippen molar-refractivity contribution in [2.45, 2.75) is 26.3 Å². The summed E-state index contributed by atoms with van der Waals surface area (Å²) in [7, 11) is 0. The van der Waals surface area contributed by atoms with E-state index in [0.717, 1.165) is 37.4 Å². The van der Waals surface area contributed by atoms with Gasteiger partial charge >= 0.3 is 0 Å². The number of fused-ring (bicyclic) bond motifs is 1. The van der Waals surface area contributed by atoms with Gasteiger partial charge in [-0.05, 0) is 42.0 Å². The van der Waals surface area contributed by atoms with Crippen molar-refractivity contribution in [2.24, 2.45) is 0 Å². The van der Waals surface area contributed by atoms with Gasteiger partial charge in [-0.1, -0.05) is 6.92 Å². The van der Waals surface area contributed by atoms with Crippen LogP contribution in [-0.4, -0.2) is 13.2 Å². The zero-order valence-corrected chi connectivity index (χ0v) is 12.6. The van der Waals surface area contributed by atoms with E-state index in [4.69, 9.17) is 10.5 Å². The zero-order chi connectivity index (χ0) is 13.9. The summed E-state index contributed by atoms with van der Waals surface area (Å²) in [4.78, 5) is 3.92. The van der Waals surface area contributed by atoms with Gasteiger partial charge in [0, 0.05) is 29.7 Å². The van der Waals surface area contributed by atoms with E-state index in [9.17, 15) is 0 Å². The molecule has 106 valence electrons. The van der Waals surface area contributed by atoms with Crippen LogP contribution in [0.5, 0.6) is 5.75 Å². The molecule has 1 aromatic heterocycles. The fourth-order valence-electron chi connectivity index (χ4n) is 2.53. The van der Waals surface area contributed by atoms with Crippen molar-refractivity contribution in [1.82, 2.24) is 0 Å². The largest absolute Gasteiger partial charge is 0.491 e. The summed E-state index contributed by atoms with van der Waals surface area (Å²) in [6, 6.07) is 8.34. The summed E-state index contributed by atoms with van der Waals surface area (Å²) in [5, 5.41) is 2.19. The Bertz CT molecular complexity index is 594. The molecule has 1 aromatic carbocycles. The Kier molecular flexibility index (Phi) is 3.83. The molecule has 0 atom stereocenters. The highest BCUT2D eigenvalue weighted by Gasteiger charge is 2.18. The number of hydrogen-bond donors (Lipinski definition) is 1. The molecule has 0 saturated carbocycles. The van der Waals surface area contributed by atoms with Gasteiger partial charge in [-0.3, -0.25) is 0 Å². The molecule has 0 fully saturated rings. The number of anilines is 2. The third kappa shape index (κ3) is 2.61. The average molecular weight is 288 g/mol. The number of rotatable bonds is 4. The lowest BCUT2D eigenvalue weighted by atomic mass is 10.1. The Morgan fingerprint density at radius 1 is 1.35 bits per heavy atom. The van der Waals surface area contributed by atoms with E-state index in [2.05, 4.69) is 35.4 Å². The summed E-state index contributed by atoms with van der Waals surface area (Å²) in [6.45, 7) is 4.85. The second kappa shape index (κ2) is 5.75. The first-order valence-corrected chi connectivity index (χ1v) is 7.98. The van der Waals surface area contributed by atoms with Gasteiger partial charge in [-0.25, -0.2) is 0 Å². The maximum absolute atomic E-state index is 5.98. The molecule has 4 heteroatoms. The monoisotopic (exact) mass is 288 g/mol. The molecule has 0 aliphatic carbocycles. The van der Waals surface area contributed by atoms with Crippen molar-refractivity contribution < 1.29 is 4.74 Å². The van der Waals surface area contributed by atoms with Crippen molar-refractivity contribution in [1.29, 1.82) is 0 Å². The third-order valence-electron chi connectivity index (χ3n) is 3.63. The molecule has 2 aromatic rings. The highest BCUT2D eigenvalue weighted by molar-refractivity contribution is 7.10. The van der Waals surface area contributed by atoms with E-state index in [1.165, 1.54) is 16.1 Å². The molecule has 0 saturated heterocycles. The van der Waals surface area contributed by atoms with Crippen LogP contribution in [0.4, 0.5) is 11.4 Å². The summed E-state index contributed by atoms with van der Waals surface area (Å²) in [5.41, 5.74) is 9.35. The van der Waals surface area contributed by atoms with Gasteiger partial charge in [-0.2, -0.15) is 0 Å². The van der Waals surface area contributed by atoms with Crippen LogP contribution in [0.2, 0.25) is 0 Å². The lowest BCUT2D eigenvalue weighted by Gasteiger charge is -2.29. The molecule has 3 rings (SSSR count). The van der Waals surface area contributed by atoms with Gasteiger partial charge in [0.15, 0.2) is 0 Å². The van der Waals surface area contributed by atoms with Crippen LogP contribution < -0.4 is 15.4 Å². The molecule has 2 N–H and O–H groups in total. The molecule has 2 heterocycles. The van der Waals surface area contributed by atoms with E-state index in [-0.39, 0.29) is 0 Å². The Morgan fingerprint density at radius 3 is 3.10 bits per heavy atom. The molecule has 0 bridgehead atoms. The van der Waals surface area contributed by atoms with Crippen LogP contribution in [-0.2, 0) is 13.0 Å². The second-order valence-electron chi connectivity index (χ2n) is 5.11. The first kappa shape index (κ1) is 13.3. The first-order chi connectivity index (χ1) is 9.78. The van der Waals surface area contributed by atoms with Crippen LogP contribution in [0, 0.1) is 0 Å². The van der Waals surface area contributed by atoms with Crippen molar-refractivity contribution in [2.75, 3.05) is 23.8 Å². The van der Waals surface area contributed by atoms with E-state index in [0.29, 0.717) is 6.61 Å². The molecular weight excluding hydrogens is 268 g/mol. The molecule has 0 radical (unpaired) electrons. The summed E-state index contributed by atoms with van der Waals surface area (Å²) in [5.74, 6) is 0.806. The summed E-state index contributed by atoms with van der Waals surface area (Å²) < 4.78 is 5.72. The fraction of sp³-hybridized carbons (Fsp3) is 0.375. The number of nitrogen functional groups attached to an aromatic ring is 1. The lowest BCUT2D eigenvalue weighted by molar-refractivity contribution is 0.319. The first-order valence-electron chi connectivity index (χ1n) is 7.10. The minimum absolute atomic E-state index is 0.711. The minimum atomic E-state index is 0.711. The topological polar surface area (TPSA) is 38.5 Å².